The summed E-state index contributed by atoms with van der Waals surface area (Å²) in [4.78, 5) is 15.2. The molecular formula is C19H17N5O. The molecule has 0 unspecified atom stereocenters. The third-order valence-corrected chi connectivity index (χ3v) is 4.28. The van der Waals surface area contributed by atoms with Crippen LogP contribution in [0.3, 0.4) is 0 Å². The number of rotatable bonds is 4. The van der Waals surface area contributed by atoms with Crippen molar-refractivity contribution in [1.82, 2.24) is 25.4 Å². The minimum atomic E-state index is -0.190. The number of aromatic amines is 2. The quantitative estimate of drug-likeness (QED) is 0.602. The van der Waals surface area contributed by atoms with Gasteiger partial charge in [-0.15, -0.1) is 10.2 Å². The monoisotopic (exact) mass is 331 g/mol. The molecule has 6 heteroatoms. The Bertz CT molecular complexity index is 1080. The van der Waals surface area contributed by atoms with Crippen molar-refractivity contribution in [3.8, 4) is 11.4 Å². The summed E-state index contributed by atoms with van der Waals surface area (Å²) in [6, 6.07) is 15.8. The number of hydrogen-bond donors (Lipinski definition) is 2. The van der Waals surface area contributed by atoms with E-state index >= 15 is 0 Å². The fourth-order valence-electron chi connectivity index (χ4n) is 2.85. The van der Waals surface area contributed by atoms with Crippen LogP contribution in [0, 0.1) is 6.92 Å². The van der Waals surface area contributed by atoms with Gasteiger partial charge in [-0.05, 0) is 37.1 Å². The summed E-state index contributed by atoms with van der Waals surface area (Å²) in [5.74, 6) is 0.468. The molecule has 0 aliphatic heterocycles. The Morgan fingerprint density at radius 1 is 1.00 bits per heavy atom. The van der Waals surface area contributed by atoms with Crippen molar-refractivity contribution in [3.05, 3.63) is 75.8 Å². The lowest BCUT2D eigenvalue weighted by Crippen LogP contribution is -2.18. The molecule has 124 valence electrons. The lowest BCUT2D eigenvalue weighted by atomic mass is 10.1. The number of nitrogens with one attached hydrogen (secondary N) is 2. The van der Waals surface area contributed by atoms with Gasteiger partial charge in [-0.2, -0.15) is 5.10 Å². The van der Waals surface area contributed by atoms with Gasteiger partial charge in [-0.3, -0.25) is 9.89 Å². The number of hydrogen-bond acceptors (Lipinski definition) is 4. The largest absolute Gasteiger partial charge is 0.303 e. The molecule has 4 rings (SSSR count). The first kappa shape index (κ1) is 15.3. The van der Waals surface area contributed by atoms with E-state index in [0.29, 0.717) is 17.9 Å². The summed E-state index contributed by atoms with van der Waals surface area (Å²) in [7, 11) is 0. The van der Waals surface area contributed by atoms with Gasteiger partial charge in [-0.25, -0.2) is 0 Å². The molecule has 0 aliphatic carbocycles. The zero-order valence-corrected chi connectivity index (χ0v) is 13.8. The highest BCUT2D eigenvalue weighted by molar-refractivity contribution is 5.85. The van der Waals surface area contributed by atoms with Gasteiger partial charge in [0.1, 0.15) is 5.69 Å². The molecule has 4 aromatic rings. The Morgan fingerprint density at radius 3 is 2.64 bits per heavy atom. The van der Waals surface area contributed by atoms with E-state index in [1.54, 1.807) is 0 Å². The molecule has 0 fully saturated rings. The number of aryl methyl sites for hydroxylation is 3. The van der Waals surface area contributed by atoms with Crippen LogP contribution in [0.2, 0.25) is 0 Å². The molecule has 0 saturated heterocycles. The van der Waals surface area contributed by atoms with Gasteiger partial charge >= 0.3 is 0 Å². The summed E-state index contributed by atoms with van der Waals surface area (Å²) in [6.45, 7) is 1.96. The Kier molecular flexibility index (Phi) is 3.85. The topological polar surface area (TPSA) is 87.3 Å². The van der Waals surface area contributed by atoms with E-state index in [0.717, 1.165) is 28.6 Å². The third kappa shape index (κ3) is 3.06. The fourth-order valence-corrected chi connectivity index (χ4v) is 2.85. The first-order valence-corrected chi connectivity index (χ1v) is 8.15. The van der Waals surface area contributed by atoms with Crippen molar-refractivity contribution in [2.75, 3.05) is 0 Å². The molecule has 0 spiro atoms. The second-order valence-corrected chi connectivity index (χ2v) is 6.02. The van der Waals surface area contributed by atoms with Crippen molar-refractivity contribution in [2.45, 2.75) is 19.8 Å². The molecule has 25 heavy (non-hydrogen) atoms. The van der Waals surface area contributed by atoms with E-state index in [2.05, 4.69) is 25.4 Å². The van der Waals surface area contributed by atoms with Crippen molar-refractivity contribution in [2.24, 2.45) is 0 Å². The van der Waals surface area contributed by atoms with Crippen molar-refractivity contribution >= 4 is 10.9 Å². The Hall–Kier alpha value is -3.28. The Morgan fingerprint density at radius 2 is 1.84 bits per heavy atom. The molecule has 2 aromatic carbocycles. The van der Waals surface area contributed by atoms with Crippen LogP contribution in [0.15, 0.2) is 53.3 Å². The lowest BCUT2D eigenvalue weighted by molar-refractivity contribution is 0.817. The van der Waals surface area contributed by atoms with Crippen molar-refractivity contribution < 1.29 is 0 Å². The van der Waals surface area contributed by atoms with E-state index in [9.17, 15) is 4.79 Å². The average Bonchev–Trinajstić information content (AvgIpc) is 3.02. The molecule has 0 radical (unpaired) electrons. The summed E-state index contributed by atoms with van der Waals surface area (Å²) in [5.41, 5.74) is 4.12. The number of benzene rings is 2. The fraction of sp³-hybridized carbons (Fsp3) is 0.158. The highest BCUT2D eigenvalue weighted by atomic mass is 16.1. The van der Waals surface area contributed by atoms with Crippen LogP contribution in [-0.4, -0.2) is 25.4 Å². The summed E-state index contributed by atoms with van der Waals surface area (Å²) < 4.78 is 0. The highest BCUT2D eigenvalue weighted by Crippen LogP contribution is 2.21. The number of fused-ring (bicyclic) bond motifs is 1. The van der Waals surface area contributed by atoms with Crippen LogP contribution in [0.25, 0.3) is 22.3 Å². The van der Waals surface area contributed by atoms with Gasteiger partial charge in [0, 0.05) is 23.1 Å². The van der Waals surface area contributed by atoms with Crippen LogP contribution in [0.1, 0.15) is 17.0 Å². The second-order valence-electron chi connectivity index (χ2n) is 6.02. The van der Waals surface area contributed by atoms with Crippen LogP contribution >= 0.6 is 0 Å². The molecule has 2 heterocycles. The molecule has 0 aliphatic rings. The van der Waals surface area contributed by atoms with Gasteiger partial charge < -0.3 is 4.98 Å². The predicted molar refractivity (Wildman–Crippen MR) is 96.3 cm³/mol. The summed E-state index contributed by atoms with van der Waals surface area (Å²) in [5, 5.41) is 16.5. The third-order valence-electron chi connectivity index (χ3n) is 4.28. The van der Waals surface area contributed by atoms with Crippen molar-refractivity contribution in [1.29, 1.82) is 0 Å². The maximum atomic E-state index is 12.3. The van der Waals surface area contributed by atoms with E-state index < -0.39 is 0 Å². The van der Waals surface area contributed by atoms with Gasteiger partial charge in [0.25, 0.3) is 5.56 Å². The highest BCUT2D eigenvalue weighted by Gasteiger charge is 2.09. The first-order chi connectivity index (χ1) is 12.2. The molecule has 0 saturated carbocycles. The smallest absolute Gasteiger partial charge is 0.273 e. The minimum Gasteiger partial charge on any atom is -0.303 e. The molecule has 0 atom stereocenters. The molecule has 6 nitrogen and oxygen atoms in total. The Labute approximate surface area is 144 Å². The van der Waals surface area contributed by atoms with Crippen molar-refractivity contribution in [3.63, 3.8) is 0 Å². The van der Waals surface area contributed by atoms with Crippen LogP contribution in [-0.2, 0) is 12.8 Å². The zero-order chi connectivity index (χ0) is 17.2. The van der Waals surface area contributed by atoms with E-state index in [-0.39, 0.29) is 5.56 Å². The molecular weight excluding hydrogens is 314 g/mol. The zero-order valence-electron chi connectivity index (χ0n) is 13.8. The van der Waals surface area contributed by atoms with Gasteiger partial charge in [-0.1, -0.05) is 30.3 Å². The summed E-state index contributed by atoms with van der Waals surface area (Å²) >= 11 is 0. The van der Waals surface area contributed by atoms with Crippen LogP contribution in [0.5, 0.6) is 0 Å². The minimum absolute atomic E-state index is 0.190. The molecule has 0 bridgehead atoms. The van der Waals surface area contributed by atoms with E-state index in [1.165, 1.54) is 5.56 Å². The van der Waals surface area contributed by atoms with Gasteiger partial charge in [0.2, 0.25) is 0 Å². The first-order valence-electron chi connectivity index (χ1n) is 8.15. The van der Waals surface area contributed by atoms with E-state index in [4.69, 9.17) is 0 Å². The second kappa shape index (κ2) is 6.32. The normalized spacial score (nSPS) is 11.1. The van der Waals surface area contributed by atoms with Gasteiger partial charge in [0.05, 0.1) is 5.52 Å². The van der Waals surface area contributed by atoms with Gasteiger partial charge in [0.15, 0.2) is 5.82 Å². The number of H-pyrrole nitrogens is 2. The standard InChI is InChI=1S/C19H17N5O/c1-12-15-11-14(8-10-16(15)22-21-12)18-20-19(25)17(23-24-18)9-7-13-5-3-2-4-6-13/h2-6,8,10-11H,7,9H2,1H3,(H,21,22)(H,20,24,25). The average molecular weight is 331 g/mol. The Balaban J connectivity index is 1.60. The predicted octanol–water partition coefficient (Wildman–Crippen LogP) is 2.80. The SMILES string of the molecule is Cc1[nH]nc2ccc(-c3nnc(CCc4ccccc4)c(=O)[nH]3)cc12. The number of aromatic nitrogens is 5. The molecule has 2 N–H and O–H groups in total. The lowest BCUT2D eigenvalue weighted by Gasteiger charge is -2.03. The van der Waals surface area contributed by atoms with Crippen LogP contribution < -0.4 is 5.56 Å². The maximum Gasteiger partial charge on any atom is 0.273 e. The maximum absolute atomic E-state index is 12.3. The number of nitrogens with zero attached hydrogens (tertiary/aromatic N) is 3. The molecule has 0 amide bonds. The van der Waals surface area contributed by atoms with E-state index in [1.807, 2.05) is 55.5 Å². The van der Waals surface area contributed by atoms with Crippen LogP contribution in [0.4, 0.5) is 0 Å². The summed E-state index contributed by atoms with van der Waals surface area (Å²) in [6.07, 6.45) is 1.32. The molecule has 2 aromatic heterocycles.